The van der Waals surface area contributed by atoms with Gasteiger partial charge in [0.1, 0.15) is 11.4 Å². The fraction of sp³-hybridized carbons (Fsp3) is 0.230. The molecule has 1 N–H and O–H groups in total. The molecule has 0 spiro atoms. The van der Waals surface area contributed by atoms with Gasteiger partial charge in [0.2, 0.25) is 12.6 Å². The molecule has 4 heterocycles. The van der Waals surface area contributed by atoms with Crippen molar-refractivity contribution in [1.82, 2.24) is 9.97 Å². The third kappa shape index (κ3) is 18.5. The van der Waals surface area contributed by atoms with Crippen LogP contribution in [-0.4, -0.2) is 52.8 Å². The number of carbonyl (C=O) groups excluding carboxylic acids is 3. The van der Waals surface area contributed by atoms with E-state index in [0.717, 1.165) is 54.7 Å². The number of hydrogen-bond donors (Lipinski definition) is 1. The van der Waals surface area contributed by atoms with Gasteiger partial charge in [-0.05, 0) is 161 Å². The van der Waals surface area contributed by atoms with Crippen molar-refractivity contribution in [2.24, 2.45) is 0 Å². The summed E-state index contributed by atoms with van der Waals surface area (Å²) in [4.78, 5) is 44.8. The quantitative estimate of drug-likeness (QED) is 0.0447. The van der Waals surface area contributed by atoms with E-state index in [9.17, 15) is 59.0 Å². The molecule has 2 unspecified atom stereocenters. The number of carbonyl (C=O) groups is 3. The van der Waals surface area contributed by atoms with Gasteiger partial charge in [0.25, 0.3) is 0 Å². The van der Waals surface area contributed by atoms with Crippen LogP contribution in [-0.2, 0) is 84.7 Å². The van der Waals surface area contributed by atoms with Crippen molar-refractivity contribution < 1.29 is 92.2 Å². The number of hydrogen-bond acceptors (Lipinski definition) is 13. The van der Waals surface area contributed by atoms with Gasteiger partial charge >= 0.3 is 36.4 Å². The molecule has 0 aliphatic carbocycles. The molecule has 2 aliphatic heterocycles. The Bertz CT molecular complexity index is 4390. The highest BCUT2D eigenvalue weighted by Crippen LogP contribution is 2.41. The van der Waals surface area contributed by atoms with Gasteiger partial charge in [-0.2, -0.15) is 39.5 Å². The Labute approximate surface area is 566 Å². The van der Waals surface area contributed by atoms with E-state index in [1.54, 1.807) is 81.4 Å². The maximum Gasteiger partial charge on any atom is 0.416 e. The molecule has 0 bridgehead atoms. The lowest BCUT2D eigenvalue weighted by Crippen LogP contribution is -2.12. The second-order valence-corrected chi connectivity index (χ2v) is 22.3. The smallest absolute Gasteiger partial charge is 0.416 e. The topological polar surface area (TPSA) is 162 Å². The van der Waals surface area contributed by atoms with E-state index in [2.05, 4.69) is 32.6 Å². The van der Waals surface area contributed by atoms with Crippen LogP contribution in [0.25, 0.3) is 44.1 Å². The normalized spacial score (nSPS) is 13.9. The molecule has 23 heteroatoms. The minimum Gasteiger partial charge on any atom is -0.462 e. The number of nitrogens with zero attached hydrogens (tertiary/aromatic N) is 2. The number of rotatable bonds is 15. The predicted molar refractivity (Wildman–Crippen MR) is 353 cm³/mol. The highest BCUT2D eigenvalue weighted by atomic mass is 127. The molecule has 0 fully saturated rings. The van der Waals surface area contributed by atoms with E-state index in [-0.39, 0.29) is 74.2 Å². The van der Waals surface area contributed by atoms with Crippen LogP contribution in [0.15, 0.2) is 194 Å². The largest absolute Gasteiger partial charge is 0.462 e. The second kappa shape index (κ2) is 33.2. The number of aliphatic hydroxyl groups excluding tert-OH is 1. The summed E-state index contributed by atoms with van der Waals surface area (Å²) < 4.78 is 158. The van der Waals surface area contributed by atoms with E-state index in [4.69, 9.17) is 33.2 Å². The first-order chi connectivity index (χ1) is 46.0. The molecule has 2 atom stereocenters. The second-order valence-electron chi connectivity index (χ2n) is 21.1. The standard InChI is InChI=1S/C28H22F3NO4.C19H14F3NO2.C17H15F3O3.C9H9IO2.CH4/c1-2-34-26(33)22-9-5-4-8-21(22)17-11-12-23(28(29,30)31)19(13-17)15-35-27-25-20(16-36-27)14-18-7-3-6-10-24(18)32-25;20-19(21,22)15-7-3-1-6-13(15)10-24-18-17-14(11-25-18)9-12-5-2-4-8-16(12)23-17;1-2-23-16(22)14-6-4-3-5-13(14)11-7-8-15(17(18,19)20)12(9-11)10-21;1-2-12-9(11)7-5-3-4-6-8(7)10;/h3-14,27H,2,15-16H2,1H3;1-9,18H,10-11H2;3-9,21H,2,10H2,1H3;3-6H,2H2,1H3;1H4. The van der Waals surface area contributed by atoms with Crippen LogP contribution in [0.1, 0.15) is 128 Å². The summed E-state index contributed by atoms with van der Waals surface area (Å²) in [6.07, 6.45) is -15.2. The van der Waals surface area contributed by atoms with Crippen LogP contribution in [0.4, 0.5) is 39.5 Å². The number of para-hydroxylation sites is 2. The summed E-state index contributed by atoms with van der Waals surface area (Å²) in [5.41, 5.74) is 4.80. The van der Waals surface area contributed by atoms with Crippen molar-refractivity contribution in [3.8, 4) is 22.3 Å². The average molecular weight is 1460 g/mol. The number of benzene rings is 8. The maximum absolute atomic E-state index is 13.8. The summed E-state index contributed by atoms with van der Waals surface area (Å²) in [5.74, 6) is -1.34. The fourth-order valence-corrected chi connectivity index (χ4v) is 11.0. The van der Waals surface area contributed by atoms with Crippen molar-refractivity contribution in [3.05, 3.63) is 270 Å². The summed E-state index contributed by atoms with van der Waals surface area (Å²) in [7, 11) is 0. The van der Waals surface area contributed by atoms with E-state index in [0.29, 0.717) is 52.4 Å². The molecule has 8 aromatic carbocycles. The molecule has 506 valence electrons. The lowest BCUT2D eigenvalue weighted by Gasteiger charge is -2.18. The summed E-state index contributed by atoms with van der Waals surface area (Å²) >= 11 is 2.11. The van der Waals surface area contributed by atoms with Crippen molar-refractivity contribution in [2.45, 2.75) is 92.3 Å². The Morgan fingerprint density at radius 2 is 0.835 bits per heavy atom. The van der Waals surface area contributed by atoms with Gasteiger partial charge in [-0.25, -0.2) is 24.4 Å². The average Bonchev–Trinajstić information content (AvgIpc) is 1.78. The molecule has 2 aliphatic rings. The molecular weight excluding hydrogens is 1390 g/mol. The number of halogens is 10. The number of esters is 3. The minimum absolute atomic E-state index is 0. The van der Waals surface area contributed by atoms with Crippen LogP contribution in [0.2, 0.25) is 0 Å². The van der Waals surface area contributed by atoms with Crippen molar-refractivity contribution in [2.75, 3.05) is 19.8 Å². The first kappa shape index (κ1) is 73.7. The third-order valence-electron chi connectivity index (χ3n) is 14.8. The van der Waals surface area contributed by atoms with E-state index in [1.807, 2.05) is 78.9 Å². The molecule has 10 aromatic rings. The molecule has 0 saturated heterocycles. The highest BCUT2D eigenvalue weighted by Gasteiger charge is 2.37. The molecular formula is C74H64F9IN2O11. The van der Waals surface area contributed by atoms with Crippen LogP contribution in [0.5, 0.6) is 0 Å². The lowest BCUT2D eigenvalue weighted by molar-refractivity contribution is -0.154. The molecule has 12 rings (SSSR count). The van der Waals surface area contributed by atoms with Gasteiger partial charge in [-0.15, -0.1) is 0 Å². The molecule has 0 saturated carbocycles. The van der Waals surface area contributed by atoms with Crippen molar-refractivity contribution in [3.63, 3.8) is 0 Å². The zero-order chi connectivity index (χ0) is 68.7. The molecule has 0 amide bonds. The Hall–Kier alpha value is -9.11. The SMILES string of the molecule is C.CCOC(=O)c1ccccc1-c1ccc(C(F)(F)F)c(CO)c1.CCOC(=O)c1ccccc1-c1ccc(C(F)(F)F)c(COC2OCc3cc4ccccc4nc32)c1.CCOC(=O)c1ccccc1I.FC(F)(F)c1ccccc1COC1OCc2cc3ccccc3nc21. The zero-order valence-corrected chi connectivity index (χ0v) is 53.6. The van der Waals surface area contributed by atoms with Crippen molar-refractivity contribution in [1.29, 1.82) is 0 Å². The number of aliphatic hydroxyl groups is 1. The van der Waals surface area contributed by atoms with E-state index < -0.39 is 66.3 Å². The van der Waals surface area contributed by atoms with Crippen LogP contribution < -0.4 is 0 Å². The number of ether oxygens (including phenoxy) is 7. The van der Waals surface area contributed by atoms with Gasteiger partial charge < -0.3 is 38.3 Å². The third-order valence-corrected chi connectivity index (χ3v) is 15.8. The Morgan fingerprint density at radius 3 is 1.29 bits per heavy atom. The fourth-order valence-electron chi connectivity index (χ4n) is 10.4. The number of aromatic nitrogens is 2. The lowest BCUT2D eigenvalue weighted by atomic mass is 9.95. The van der Waals surface area contributed by atoms with E-state index in [1.165, 1.54) is 36.4 Å². The van der Waals surface area contributed by atoms with Gasteiger partial charge in [0.15, 0.2) is 0 Å². The van der Waals surface area contributed by atoms with Gasteiger partial charge in [-0.1, -0.05) is 123 Å². The molecule has 97 heavy (non-hydrogen) atoms. The van der Waals surface area contributed by atoms with Crippen LogP contribution >= 0.6 is 22.6 Å². The number of alkyl halides is 9. The van der Waals surface area contributed by atoms with E-state index >= 15 is 0 Å². The summed E-state index contributed by atoms with van der Waals surface area (Å²) in [6, 6.07) is 52.2. The summed E-state index contributed by atoms with van der Waals surface area (Å²) in [5, 5.41) is 11.2. The van der Waals surface area contributed by atoms with Crippen LogP contribution in [0.3, 0.4) is 0 Å². The predicted octanol–water partition coefficient (Wildman–Crippen LogP) is 19.0. The van der Waals surface area contributed by atoms with Gasteiger partial charge in [-0.3, -0.25) is 0 Å². The molecule has 0 radical (unpaired) electrons. The zero-order valence-electron chi connectivity index (χ0n) is 51.5. The molecule has 13 nitrogen and oxygen atoms in total. The monoisotopic (exact) mass is 1450 g/mol. The number of fused-ring (bicyclic) bond motifs is 4. The van der Waals surface area contributed by atoms with Gasteiger partial charge in [0, 0.05) is 25.5 Å². The number of pyridine rings is 2. The van der Waals surface area contributed by atoms with Gasteiger partial charge in [0.05, 0.1) is 97.3 Å². The first-order valence-electron chi connectivity index (χ1n) is 29.9. The minimum atomic E-state index is -4.58. The Balaban J connectivity index is 0.000000175. The van der Waals surface area contributed by atoms with Crippen LogP contribution in [0, 0.1) is 3.57 Å². The molecule has 2 aromatic heterocycles. The summed E-state index contributed by atoms with van der Waals surface area (Å²) in [6.45, 7) is 5.25. The first-order valence-corrected chi connectivity index (χ1v) is 30.9. The Kier molecular flexibility index (Phi) is 25.2. The maximum atomic E-state index is 13.8. The van der Waals surface area contributed by atoms with Crippen molar-refractivity contribution >= 4 is 62.3 Å². The Morgan fingerprint density at radius 1 is 0.464 bits per heavy atom. The highest BCUT2D eigenvalue weighted by molar-refractivity contribution is 14.1.